The number of hydrogen-bond acceptors (Lipinski definition) is 8. The number of H-pyrrole nitrogens is 1. The summed E-state index contributed by atoms with van der Waals surface area (Å²) in [6.07, 6.45) is 1.04. The lowest BCUT2D eigenvalue weighted by molar-refractivity contribution is -0.142. The number of nitrogens with one attached hydrogen (secondary N) is 4. The van der Waals surface area contributed by atoms with E-state index in [1.54, 1.807) is 6.20 Å². The van der Waals surface area contributed by atoms with Crippen LogP contribution in [0.4, 0.5) is 0 Å². The standard InChI is InChI=1S/C27H32N6O8/c28-18(10-15-12-30-19-4-2-1-3-17(15)19)24(37)31-20(11-23(29)36)25(38)33-22(13-34)26(39)32-21(27(40)41)9-14-5-7-16(35)8-6-14/h1-8,12,18,20-22,30,34-35H,9-11,13,28H2,(H2,29,36)(H,31,37)(H,32,39)(H,33,38)(H,40,41). The SMILES string of the molecule is NC(=O)CC(NC(=O)C(N)Cc1c[nH]c2ccccc12)C(=O)NC(CO)C(=O)NC(Cc1ccc(O)cc1)C(=O)O. The molecule has 1 heterocycles. The van der Waals surface area contributed by atoms with Gasteiger partial charge in [0.25, 0.3) is 0 Å². The number of phenols is 1. The number of carboxylic acids is 1. The van der Waals surface area contributed by atoms with Crippen LogP contribution in [0, 0.1) is 0 Å². The molecule has 2 aromatic carbocycles. The fourth-order valence-corrected chi connectivity index (χ4v) is 4.13. The Labute approximate surface area is 234 Å². The lowest BCUT2D eigenvalue weighted by Gasteiger charge is -2.24. The number of carbonyl (C=O) groups excluding carboxylic acids is 4. The van der Waals surface area contributed by atoms with Crippen molar-refractivity contribution in [1.29, 1.82) is 0 Å². The topological polar surface area (TPSA) is 250 Å². The molecule has 0 fully saturated rings. The average Bonchev–Trinajstić information content (AvgIpc) is 3.34. The predicted molar refractivity (Wildman–Crippen MR) is 146 cm³/mol. The molecule has 0 bridgehead atoms. The first-order chi connectivity index (χ1) is 19.5. The Kier molecular flexibility index (Phi) is 10.4. The highest BCUT2D eigenvalue weighted by Crippen LogP contribution is 2.19. The van der Waals surface area contributed by atoms with Crippen molar-refractivity contribution in [1.82, 2.24) is 20.9 Å². The van der Waals surface area contributed by atoms with Gasteiger partial charge < -0.3 is 47.7 Å². The van der Waals surface area contributed by atoms with Crippen LogP contribution in [0.5, 0.6) is 5.75 Å². The van der Waals surface area contributed by atoms with E-state index in [0.717, 1.165) is 16.5 Å². The number of aliphatic hydroxyl groups is 1. The highest BCUT2D eigenvalue weighted by atomic mass is 16.4. The number of nitrogens with two attached hydrogens (primary N) is 2. The fraction of sp³-hybridized carbons (Fsp3) is 0.296. The maximum atomic E-state index is 12.9. The molecule has 0 aliphatic rings. The van der Waals surface area contributed by atoms with E-state index in [4.69, 9.17) is 11.5 Å². The number of aliphatic hydroxyl groups excluding tert-OH is 1. The van der Waals surface area contributed by atoms with Crippen LogP contribution in [0.1, 0.15) is 17.5 Å². The molecule has 4 unspecified atom stereocenters. The Balaban J connectivity index is 1.64. The van der Waals surface area contributed by atoms with Gasteiger partial charge in [0.05, 0.1) is 19.1 Å². The second-order valence-corrected chi connectivity index (χ2v) is 9.42. The maximum Gasteiger partial charge on any atom is 0.326 e. The summed E-state index contributed by atoms with van der Waals surface area (Å²) in [6.45, 7) is -0.916. The predicted octanol–water partition coefficient (Wildman–Crippen LogP) is -1.61. The number of hydrogen-bond donors (Lipinski definition) is 9. The zero-order chi connectivity index (χ0) is 30.1. The number of aromatic amines is 1. The molecule has 218 valence electrons. The summed E-state index contributed by atoms with van der Waals surface area (Å²) in [6, 6.07) is 7.38. The van der Waals surface area contributed by atoms with Gasteiger partial charge >= 0.3 is 5.97 Å². The number of phenolic OH excluding ortho intramolecular Hbond substituents is 1. The number of aromatic nitrogens is 1. The summed E-state index contributed by atoms with van der Waals surface area (Å²) in [4.78, 5) is 64.9. The highest BCUT2D eigenvalue weighted by molar-refractivity contribution is 5.96. The summed E-state index contributed by atoms with van der Waals surface area (Å²) < 4.78 is 0. The Bertz CT molecular complexity index is 1410. The van der Waals surface area contributed by atoms with Crippen molar-refractivity contribution >= 4 is 40.5 Å². The third-order valence-corrected chi connectivity index (χ3v) is 6.30. The molecule has 11 N–H and O–H groups in total. The van der Waals surface area contributed by atoms with Crippen LogP contribution in [0.3, 0.4) is 0 Å². The molecule has 0 aliphatic heterocycles. The quantitative estimate of drug-likeness (QED) is 0.108. The minimum Gasteiger partial charge on any atom is -0.508 e. The highest BCUT2D eigenvalue weighted by Gasteiger charge is 2.31. The van der Waals surface area contributed by atoms with Gasteiger partial charge in [-0.15, -0.1) is 0 Å². The minimum atomic E-state index is -1.61. The van der Waals surface area contributed by atoms with Crippen LogP contribution in [-0.2, 0) is 36.8 Å². The largest absolute Gasteiger partial charge is 0.508 e. The Hall–Kier alpha value is -4.95. The van der Waals surface area contributed by atoms with Gasteiger partial charge in [0, 0.05) is 23.5 Å². The monoisotopic (exact) mass is 568 g/mol. The van der Waals surface area contributed by atoms with E-state index in [-0.39, 0.29) is 18.6 Å². The van der Waals surface area contributed by atoms with Crippen molar-refractivity contribution in [2.75, 3.05) is 6.61 Å². The molecular weight excluding hydrogens is 536 g/mol. The van der Waals surface area contributed by atoms with Crippen molar-refractivity contribution in [3.05, 3.63) is 65.9 Å². The number of amides is 4. The fourth-order valence-electron chi connectivity index (χ4n) is 4.13. The smallest absolute Gasteiger partial charge is 0.326 e. The number of para-hydroxylation sites is 1. The number of primary amides is 1. The molecule has 14 nitrogen and oxygen atoms in total. The number of carbonyl (C=O) groups is 5. The first kappa shape index (κ1) is 30.6. The van der Waals surface area contributed by atoms with E-state index >= 15 is 0 Å². The second kappa shape index (κ2) is 13.9. The lowest BCUT2D eigenvalue weighted by atomic mass is 10.0. The summed E-state index contributed by atoms with van der Waals surface area (Å²) >= 11 is 0. The molecule has 0 spiro atoms. The summed E-state index contributed by atoms with van der Waals surface area (Å²) in [5.41, 5.74) is 13.4. The van der Waals surface area contributed by atoms with Gasteiger partial charge in [0.2, 0.25) is 23.6 Å². The van der Waals surface area contributed by atoms with Crippen LogP contribution >= 0.6 is 0 Å². The van der Waals surface area contributed by atoms with E-state index < -0.39 is 66.8 Å². The molecule has 4 amide bonds. The molecule has 3 aromatic rings. The van der Waals surface area contributed by atoms with Crippen LogP contribution in [0.2, 0.25) is 0 Å². The van der Waals surface area contributed by atoms with Gasteiger partial charge in [-0.1, -0.05) is 30.3 Å². The summed E-state index contributed by atoms with van der Waals surface area (Å²) in [5, 5.41) is 36.3. The van der Waals surface area contributed by atoms with Crippen molar-refractivity contribution in [3.63, 3.8) is 0 Å². The van der Waals surface area contributed by atoms with Gasteiger partial charge in [-0.05, 0) is 35.7 Å². The van der Waals surface area contributed by atoms with Gasteiger partial charge in [-0.2, -0.15) is 0 Å². The van der Waals surface area contributed by atoms with E-state index in [1.807, 2.05) is 24.3 Å². The van der Waals surface area contributed by atoms with Crippen molar-refractivity contribution in [2.45, 2.75) is 43.4 Å². The minimum absolute atomic E-state index is 0.0238. The number of aromatic hydroxyl groups is 1. The zero-order valence-electron chi connectivity index (χ0n) is 21.9. The van der Waals surface area contributed by atoms with Crippen molar-refractivity contribution < 1.29 is 39.3 Å². The molecular formula is C27H32N6O8. The molecule has 3 rings (SSSR count). The normalized spacial score (nSPS) is 13.9. The Morgan fingerprint density at radius 3 is 2.07 bits per heavy atom. The van der Waals surface area contributed by atoms with Gasteiger partial charge in [0.15, 0.2) is 0 Å². The number of rotatable bonds is 14. The van der Waals surface area contributed by atoms with Crippen molar-refractivity contribution in [3.8, 4) is 5.75 Å². The van der Waals surface area contributed by atoms with E-state index in [1.165, 1.54) is 24.3 Å². The van der Waals surface area contributed by atoms with Gasteiger partial charge in [-0.25, -0.2) is 4.79 Å². The van der Waals surface area contributed by atoms with Crippen LogP contribution in [-0.4, -0.2) is 80.7 Å². The third-order valence-electron chi connectivity index (χ3n) is 6.30. The summed E-state index contributed by atoms with van der Waals surface area (Å²) in [7, 11) is 0. The van der Waals surface area contributed by atoms with E-state index in [9.17, 15) is 39.3 Å². The molecule has 14 heteroatoms. The van der Waals surface area contributed by atoms with Crippen LogP contribution in [0.15, 0.2) is 54.7 Å². The average molecular weight is 569 g/mol. The number of carboxylic acid groups (broad SMARTS) is 1. The van der Waals surface area contributed by atoms with Crippen LogP contribution < -0.4 is 27.4 Å². The van der Waals surface area contributed by atoms with Crippen molar-refractivity contribution in [2.24, 2.45) is 11.5 Å². The zero-order valence-corrected chi connectivity index (χ0v) is 21.9. The second-order valence-electron chi connectivity index (χ2n) is 9.42. The molecule has 1 aromatic heterocycles. The van der Waals surface area contributed by atoms with E-state index in [0.29, 0.717) is 5.56 Å². The number of aliphatic carboxylic acids is 1. The molecule has 0 aliphatic carbocycles. The first-order valence-electron chi connectivity index (χ1n) is 12.6. The Morgan fingerprint density at radius 1 is 0.829 bits per heavy atom. The number of benzene rings is 2. The number of fused-ring (bicyclic) bond motifs is 1. The molecule has 41 heavy (non-hydrogen) atoms. The summed E-state index contributed by atoms with van der Waals surface area (Å²) in [5.74, 6) is -5.13. The third kappa shape index (κ3) is 8.52. The molecule has 0 radical (unpaired) electrons. The lowest BCUT2D eigenvalue weighted by Crippen LogP contribution is -2.59. The molecule has 0 saturated heterocycles. The Morgan fingerprint density at radius 2 is 1.44 bits per heavy atom. The van der Waals surface area contributed by atoms with Crippen LogP contribution in [0.25, 0.3) is 10.9 Å². The van der Waals surface area contributed by atoms with E-state index in [2.05, 4.69) is 20.9 Å². The van der Waals surface area contributed by atoms with Gasteiger partial charge in [0.1, 0.15) is 23.9 Å². The molecule has 4 atom stereocenters. The maximum absolute atomic E-state index is 12.9. The van der Waals surface area contributed by atoms with Gasteiger partial charge in [-0.3, -0.25) is 19.2 Å². The first-order valence-corrected chi connectivity index (χ1v) is 12.6. The molecule has 0 saturated carbocycles.